The maximum atomic E-state index is 13.2. The van der Waals surface area contributed by atoms with Gasteiger partial charge >= 0.3 is 0 Å². The van der Waals surface area contributed by atoms with Gasteiger partial charge in [-0.3, -0.25) is 14.5 Å². The molecule has 1 aliphatic rings. The van der Waals surface area contributed by atoms with E-state index in [0.717, 1.165) is 42.8 Å². The van der Waals surface area contributed by atoms with E-state index in [4.69, 9.17) is 4.74 Å². The largest absolute Gasteiger partial charge is 0.497 e. The fourth-order valence-corrected chi connectivity index (χ4v) is 3.44. The van der Waals surface area contributed by atoms with E-state index in [1.165, 1.54) is 6.07 Å². The van der Waals surface area contributed by atoms with Crippen molar-refractivity contribution in [2.75, 3.05) is 32.1 Å². The zero-order valence-electron chi connectivity index (χ0n) is 16.1. The minimum absolute atomic E-state index is 0.117. The number of ether oxygens (including phenoxy) is 1. The number of halogens is 2. The molecule has 3 rings (SSSR count). The van der Waals surface area contributed by atoms with Gasteiger partial charge in [-0.2, -0.15) is 0 Å². The standard InChI is InChI=1S/C21H23F2N3O3/c1-29-16-5-2-4-14(10-16)19-6-3-9-26(19)13-21(28)24-12-20(27)25-15-7-8-17(22)18(23)11-15/h2,4-5,7-8,10-11,19H,3,6,9,12-13H2,1H3,(H,24,28)(H,25,27). The first-order valence-corrected chi connectivity index (χ1v) is 9.36. The molecule has 2 aromatic rings. The topological polar surface area (TPSA) is 70.7 Å². The quantitative estimate of drug-likeness (QED) is 0.746. The summed E-state index contributed by atoms with van der Waals surface area (Å²) in [6.45, 7) is 0.701. The Kier molecular flexibility index (Phi) is 6.77. The lowest BCUT2D eigenvalue weighted by molar-refractivity contribution is -0.125. The Balaban J connectivity index is 1.50. The van der Waals surface area contributed by atoms with Crippen molar-refractivity contribution in [1.29, 1.82) is 0 Å². The molecule has 1 saturated heterocycles. The predicted molar refractivity (Wildman–Crippen MR) is 105 cm³/mol. The minimum atomic E-state index is -1.05. The Morgan fingerprint density at radius 1 is 1.14 bits per heavy atom. The summed E-state index contributed by atoms with van der Waals surface area (Å²) in [5.41, 5.74) is 1.21. The highest BCUT2D eigenvalue weighted by Gasteiger charge is 2.27. The lowest BCUT2D eigenvalue weighted by Crippen LogP contribution is -2.40. The van der Waals surface area contributed by atoms with Crippen LogP contribution in [0.2, 0.25) is 0 Å². The van der Waals surface area contributed by atoms with Crippen LogP contribution in [0.5, 0.6) is 5.75 Å². The molecule has 0 aromatic heterocycles. The first-order valence-electron chi connectivity index (χ1n) is 9.36. The molecule has 1 unspecified atom stereocenters. The van der Waals surface area contributed by atoms with Crippen LogP contribution >= 0.6 is 0 Å². The summed E-state index contributed by atoms with van der Waals surface area (Å²) in [5, 5.41) is 4.98. The van der Waals surface area contributed by atoms with E-state index in [1.807, 2.05) is 24.3 Å². The van der Waals surface area contributed by atoms with Crippen LogP contribution in [0, 0.1) is 11.6 Å². The second-order valence-corrected chi connectivity index (χ2v) is 6.86. The molecule has 2 N–H and O–H groups in total. The highest BCUT2D eigenvalue weighted by atomic mass is 19.2. The van der Waals surface area contributed by atoms with E-state index in [9.17, 15) is 18.4 Å². The molecule has 2 amide bonds. The van der Waals surface area contributed by atoms with E-state index < -0.39 is 17.5 Å². The Bertz CT molecular complexity index is 891. The number of nitrogens with zero attached hydrogens (tertiary/aromatic N) is 1. The number of hydrogen-bond acceptors (Lipinski definition) is 4. The molecule has 0 aliphatic carbocycles. The number of carbonyl (C=O) groups is 2. The first-order chi connectivity index (χ1) is 14.0. The van der Waals surface area contributed by atoms with Gasteiger partial charge in [0.1, 0.15) is 5.75 Å². The van der Waals surface area contributed by atoms with Crippen LogP contribution in [0.25, 0.3) is 0 Å². The molecule has 1 fully saturated rings. The van der Waals surface area contributed by atoms with E-state index in [-0.39, 0.29) is 30.7 Å². The van der Waals surface area contributed by atoms with E-state index in [0.29, 0.717) is 0 Å². The molecular formula is C21H23F2N3O3. The van der Waals surface area contributed by atoms with E-state index in [2.05, 4.69) is 15.5 Å². The summed E-state index contributed by atoms with van der Waals surface area (Å²) in [7, 11) is 1.62. The first kappa shape index (κ1) is 20.7. The minimum Gasteiger partial charge on any atom is -0.497 e. The zero-order chi connectivity index (χ0) is 20.8. The van der Waals surface area contributed by atoms with Crippen molar-refractivity contribution >= 4 is 17.5 Å². The number of methoxy groups -OCH3 is 1. The maximum absolute atomic E-state index is 13.2. The van der Waals surface area contributed by atoms with Crippen LogP contribution < -0.4 is 15.4 Å². The van der Waals surface area contributed by atoms with Crippen molar-refractivity contribution in [1.82, 2.24) is 10.2 Å². The summed E-state index contributed by atoms with van der Waals surface area (Å²) < 4.78 is 31.4. The molecular weight excluding hydrogens is 380 g/mol. The van der Waals surface area contributed by atoms with Crippen molar-refractivity contribution in [3.63, 3.8) is 0 Å². The van der Waals surface area contributed by atoms with Crippen molar-refractivity contribution in [3.05, 3.63) is 59.7 Å². The van der Waals surface area contributed by atoms with Crippen LogP contribution in [0.4, 0.5) is 14.5 Å². The average molecular weight is 403 g/mol. The molecule has 0 saturated carbocycles. The summed E-state index contributed by atoms with van der Waals surface area (Å²) in [6.07, 6.45) is 1.92. The molecule has 2 aromatic carbocycles. The normalized spacial score (nSPS) is 16.4. The molecule has 29 heavy (non-hydrogen) atoms. The number of hydrogen-bond donors (Lipinski definition) is 2. The van der Waals surface area contributed by atoms with Crippen LogP contribution in [0.15, 0.2) is 42.5 Å². The van der Waals surface area contributed by atoms with Gasteiger partial charge in [0.15, 0.2) is 11.6 Å². The third-order valence-corrected chi connectivity index (χ3v) is 4.84. The fourth-order valence-electron chi connectivity index (χ4n) is 3.44. The summed E-state index contributed by atoms with van der Waals surface area (Å²) in [5.74, 6) is -2.07. The number of carbonyl (C=O) groups excluding carboxylic acids is 2. The van der Waals surface area contributed by atoms with Crippen LogP contribution in [0.1, 0.15) is 24.4 Å². The molecule has 1 heterocycles. The predicted octanol–water partition coefficient (Wildman–Crippen LogP) is 2.87. The summed E-state index contributed by atoms with van der Waals surface area (Å²) >= 11 is 0. The van der Waals surface area contributed by atoms with Crippen LogP contribution in [0.3, 0.4) is 0 Å². The lowest BCUT2D eigenvalue weighted by atomic mass is 10.0. The third kappa shape index (κ3) is 5.51. The summed E-state index contributed by atoms with van der Waals surface area (Å²) in [4.78, 5) is 26.3. The van der Waals surface area contributed by atoms with E-state index >= 15 is 0 Å². The van der Waals surface area contributed by atoms with Crippen LogP contribution in [-0.4, -0.2) is 43.5 Å². The number of anilines is 1. The lowest BCUT2D eigenvalue weighted by Gasteiger charge is -2.24. The van der Waals surface area contributed by atoms with Crippen molar-refractivity contribution < 1.29 is 23.1 Å². The summed E-state index contributed by atoms with van der Waals surface area (Å²) in [6, 6.07) is 11.0. The number of rotatable bonds is 7. The molecule has 8 heteroatoms. The zero-order valence-corrected chi connectivity index (χ0v) is 16.1. The molecule has 0 bridgehead atoms. The Morgan fingerprint density at radius 2 is 1.97 bits per heavy atom. The van der Waals surface area contributed by atoms with Crippen LogP contribution in [-0.2, 0) is 9.59 Å². The SMILES string of the molecule is COc1cccc(C2CCCN2CC(=O)NCC(=O)Nc2ccc(F)c(F)c2)c1. The molecule has 1 aliphatic heterocycles. The molecule has 154 valence electrons. The fraction of sp³-hybridized carbons (Fsp3) is 0.333. The van der Waals surface area contributed by atoms with Gasteiger partial charge in [0.2, 0.25) is 11.8 Å². The number of amides is 2. The van der Waals surface area contributed by atoms with Gasteiger partial charge in [-0.15, -0.1) is 0 Å². The van der Waals surface area contributed by atoms with Gasteiger partial charge in [0.05, 0.1) is 20.2 Å². The van der Waals surface area contributed by atoms with Gasteiger partial charge in [-0.05, 0) is 49.2 Å². The maximum Gasteiger partial charge on any atom is 0.243 e. The van der Waals surface area contributed by atoms with Gasteiger partial charge < -0.3 is 15.4 Å². The monoisotopic (exact) mass is 403 g/mol. The van der Waals surface area contributed by atoms with Gasteiger partial charge in [0, 0.05) is 17.8 Å². The average Bonchev–Trinajstić information content (AvgIpc) is 3.17. The smallest absolute Gasteiger partial charge is 0.243 e. The van der Waals surface area contributed by atoms with Gasteiger partial charge in [-0.25, -0.2) is 8.78 Å². The Hall–Kier alpha value is -3.00. The van der Waals surface area contributed by atoms with Gasteiger partial charge in [0.25, 0.3) is 0 Å². The Labute approximate surface area is 167 Å². The number of benzene rings is 2. The molecule has 1 atom stereocenters. The second kappa shape index (κ2) is 9.47. The molecule has 6 nitrogen and oxygen atoms in total. The van der Waals surface area contributed by atoms with Crippen molar-refractivity contribution in [3.8, 4) is 5.75 Å². The van der Waals surface area contributed by atoms with Crippen molar-refractivity contribution in [2.45, 2.75) is 18.9 Å². The Morgan fingerprint density at radius 3 is 2.72 bits per heavy atom. The molecule has 0 radical (unpaired) electrons. The van der Waals surface area contributed by atoms with E-state index in [1.54, 1.807) is 7.11 Å². The second-order valence-electron chi connectivity index (χ2n) is 6.86. The van der Waals surface area contributed by atoms with Crippen molar-refractivity contribution in [2.24, 2.45) is 0 Å². The van der Waals surface area contributed by atoms with Gasteiger partial charge in [-0.1, -0.05) is 12.1 Å². The number of nitrogens with one attached hydrogen (secondary N) is 2. The third-order valence-electron chi connectivity index (χ3n) is 4.84. The number of likely N-dealkylation sites (tertiary alicyclic amines) is 1. The highest BCUT2D eigenvalue weighted by molar-refractivity contribution is 5.94. The molecule has 0 spiro atoms. The highest BCUT2D eigenvalue weighted by Crippen LogP contribution is 2.33.